The summed E-state index contributed by atoms with van der Waals surface area (Å²) in [5.74, 6) is -0.161. The van der Waals surface area contributed by atoms with Crippen LogP contribution in [0.15, 0.2) is 60.7 Å². The van der Waals surface area contributed by atoms with Crippen molar-refractivity contribution in [1.29, 1.82) is 0 Å². The van der Waals surface area contributed by atoms with Crippen molar-refractivity contribution in [2.45, 2.75) is 18.8 Å². The summed E-state index contributed by atoms with van der Waals surface area (Å²) in [6.45, 7) is 1.53. The molecule has 1 heterocycles. The summed E-state index contributed by atoms with van der Waals surface area (Å²) in [5.41, 5.74) is 1.77. The van der Waals surface area contributed by atoms with E-state index < -0.39 is 12.2 Å². The number of hydrogen-bond acceptors (Lipinski definition) is 3. The van der Waals surface area contributed by atoms with Gasteiger partial charge >= 0.3 is 0 Å². The van der Waals surface area contributed by atoms with Gasteiger partial charge < -0.3 is 14.7 Å². The molecule has 1 fully saturated rings. The van der Waals surface area contributed by atoms with Crippen LogP contribution in [0.4, 0.5) is 0 Å². The summed E-state index contributed by atoms with van der Waals surface area (Å²) in [5, 5.41) is 10.4. The first kappa shape index (κ1) is 14.8. The van der Waals surface area contributed by atoms with E-state index in [-0.39, 0.29) is 5.91 Å². The van der Waals surface area contributed by atoms with Crippen molar-refractivity contribution in [1.82, 2.24) is 4.90 Å². The summed E-state index contributed by atoms with van der Waals surface area (Å²) in [4.78, 5) is 14.3. The number of ether oxygens (including phenoxy) is 1. The lowest BCUT2D eigenvalue weighted by molar-refractivity contribution is -0.164. The third-order valence-corrected chi connectivity index (χ3v) is 3.86. The second kappa shape index (κ2) is 6.73. The Labute approximate surface area is 130 Å². The number of hydrogen-bond donors (Lipinski definition) is 1. The fraction of sp³-hybridized carbons (Fsp3) is 0.278. The summed E-state index contributed by atoms with van der Waals surface area (Å²) in [6.07, 6.45) is -1.77. The van der Waals surface area contributed by atoms with Crippen molar-refractivity contribution < 1.29 is 14.6 Å². The Morgan fingerprint density at radius 1 is 1.09 bits per heavy atom. The Bertz CT molecular complexity index is 615. The third-order valence-electron chi connectivity index (χ3n) is 3.86. The zero-order valence-electron chi connectivity index (χ0n) is 12.3. The quantitative estimate of drug-likeness (QED) is 0.940. The molecule has 2 atom stereocenters. The van der Waals surface area contributed by atoms with E-state index in [1.807, 2.05) is 48.5 Å². The maximum absolute atomic E-state index is 12.6. The zero-order valence-corrected chi connectivity index (χ0v) is 12.3. The average molecular weight is 297 g/mol. The van der Waals surface area contributed by atoms with Crippen molar-refractivity contribution in [2.24, 2.45) is 0 Å². The highest BCUT2D eigenvalue weighted by Gasteiger charge is 2.35. The second-order valence-electron chi connectivity index (χ2n) is 5.39. The van der Waals surface area contributed by atoms with E-state index in [1.54, 1.807) is 17.0 Å². The van der Waals surface area contributed by atoms with Gasteiger partial charge in [0.25, 0.3) is 5.91 Å². The van der Waals surface area contributed by atoms with E-state index in [4.69, 9.17) is 4.74 Å². The zero-order chi connectivity index (χ0) is 15.4. The van der Waals surface area contributed by atoms with Crippen molar-refractivity contribution in [3.8, 4) is 0 Å². The largest absolute Gasteiger partial charge is 0.385 e. The SMILES string of the molecule is O=C1[C@H](C(O)c2ccccc2)OCCN1Cc1ccccc1. The monoisotopic (exact) mass is 297 g/mol. The molecule has 1 unspecified atom stereocenters. The fourth-order valence-electron chi connectivity index (χ4n) is 2.66. The first-order valence-electron chi connectivity index (χ1n) is 7.43. The molecule has 4 heteroatoms. The number of rotatable bonds is 4. The smallest absolute Gasteiger partial charge is 0.255 e. The molecule has 22 heavy (non-hydrogen) atoms. The van der Waals surface area contributed by atoms with Gasteiger partial charge in [-0.25, -0.2) is 0 Å². The van der Waals surface area contributed by atoms with E-state index in [0.717, 1.165) is 5.56 Å². The predicted molar refractivity (Wildman–Crippen MR) is 83.0 cm³/mol. The van der Waals surface area contributed by atoms with Gasteiger partial charge in [0.1, 0.15) is 6.10 Å². The standard InChI is InChI=1S/C18H19NO3/c20-16(15-9-5-2-6-10-15)17-18(21)19(11-12-22-17)13-14-7-3-1-4-8-14/h1-10,16-17,20H,11-13H2/t16?,17-/m0/s1. The highest BCUT2D eigenvalue weighted by Crippen LogP contribution is 2.24. The Kier molecular flexibility index (Phi) is 4.51. The first-order valence-corrected chi connectivity index (χ1v) is 7.43. The van der Waals surface area contributed by atoms with Gasteiger partial charge in [0.15, 0.2) is 6.10 Å². The first-order chi connectivity index (χ1) is 10.8. The van der Waals surface area contributed by atoms with Gasteiger partial charge in [-0.3, -0.25) is 4.79 Å². The van der Waals surface area contributed by atoms with Crippen LogP contribution in [0.5, 0.6) is 0 Å². The lowest BCUT2D eigenvalue weighted by Gasteiger charge is -2.34. The number of morpholine rings is 1. The molecule has 0 aliphatic carbocycles. The van der Waals surface area contributed by atoms with E-state index in [0.29, 0.717) is 25.3 Å². The van der Waals surface area contributed by atoms with E-state index in [2.05, 4.69) is 0 Å². The summed E-state index contributed by atoms with van der Waals surface area (Å²) < 4.78 is 5.53. The van der Waals surface area contributed by atoms with Crippen molar-refractivity contribution >= 4 is 5.91 Å². The molecule has 114 valence electrons. The molecule has 1 aliphatic rings. The minimum Gasteiger partial charge on any atom is -0.385 e. The molecule has 1 N–H and O–H groups in total. The molecular formula is C18H19NO3. The molecule has 1 amide bonds. The summed E-state index contributed by atoms with van der Waals surface area (Å²) in [6, 6.07) is 19.0. The third kappa shape index (κ3) is 3.18. The van der Waals surface area contributed by atoms with E-state index in [9.17, 15) is 9.90 Å². The fourth-order valence-corrected chi connectivity index (χ4v) is 2.66. The number of aliphatic hydroxyl groups excluding tert-OH is 1. The average Bonchev–Trinajstić information content (AvgIpc) is 2.58. The van der Waals surface area contributed by atoms with Crippen LogP contribution in [0.3, 0.4) is 0 Å². The highest BCUT2D eigenvalue weighted by atomic mass is 16.5. The minimum absolute atomic E-state index is 0.161. The van der Waals surface area contributed by atoms with Crippen molar-refractivity contribution in [2.75, 3.05) is 13.2 Å². The van der Waals surface area contributed by atoms with Gasteiger partial charge in [-0.1, -0.05) is 60.7 Å². The van der Waals surface area contributed by atoms with Gasteiger partial charge in [0.2, 0.25) is 0 Å². The number of nitrogens with zero attached hydrogens (tertiary/aromatic N) is 1. The number of benzene rings is 2. The van der Waals surface area contributed by atoms with E-state index >= 15 is 0 Å². The van der Waals surface area contributed by atoms with Crippen LogP contribution in [0.25, 0.3) is 0 Å². The molecule has 0 aromatic heterocycles. The number of carbonyl (C=O) groups excluding carboxylic acids is 1. The Balaban J connectivity index is 1.72. The van der Waals surface area contributed by atoms with Gasteiger partial charge in [-0.2, -0.15) is 0 Å². The highest BCUT2D eigenvalue weighted by molar-refractivity contribution is 5.82. The van der Waals surface area contributed by atoms with E-state index in [1.165, 1.54) is 0 Å². The maximum Gasteiger partial charge on any atom is 0.255 e. The Morgan fingerprint density at radius 3 is 2.41 bits per heavy atom. The molecule has 0 spiro atoms. The molecular weight excluding hydrogens is 278 g/mol. The number of carbonyl (C=O) groups is 1. The van der Waals surface area contributed by atoms with Gasteiger partial charge in [0.05, 0.1) is 6.61 Å². The lowest BCUT2D eigenvalue weighted by atomic mass is 10.0. The minimum atomic E-state index is -0.938. The number of aliphatic hydroxyl groups is 1. The van der Waals surface area contributed by atoms with Crippen LogP contribution in [0.1, 0.15) is 17.2 Å². The predicted octanol–water partition coefficient (Wildman–Crippen LogP) is 2.15. The molecule has 2 aromatic rings. The lowest BCUT2D eigenvalue weighted by Crippen LogP contribution is -2.49. The molecule has 0 bridgehead atoms. The van der Waals surface area contributed by atoms with Crippen LogP contribution in [0, 0.1) is 0 Å². The Hall–Kier alpha value is -2.17. The van der Waals surface area contributed by atoms with Crippen LogP contribution < -0.4 is 0 Å². The Morgan fingerprint density at radius 2 is 1.73 bits per heavy atom. The topological polar surface area (TPSA) is 49.8 Å². The molecule has 0 saturated carbocycles. The molecule has 1 aliphatic heterocycles. The normalized spacial score (nSPS) is 20.0. The van der Waals surface area contributed by atoms with Crippen LogP contribution in [-0.4, -0.2) is 35.2 Å². The molecule has 0 radical (unpaired) electrons. The van der Waals surface area contributed by atoms with Gasteiger partial charge in [-0.05, 0) is 11.1 Å². The van der Waals surface area contributed by atoms with Crippen LogP contribution in [-0.2, 0) is 16.1 Å². The van der Waals surface area contributed by atoms with Gasteiger partial charge in [0, 0.05) is 13.1 Å². The van der Waals surface area contributed by atoms with Gasteiger partial charge in [-0.15, -0.1) is 0 Å². The molecule has 1 saturated heterocycles. The molecule has 4 nitrogen and oxygen atoms in total. The molecule has 2 aromatic carbocycles. The summed E-state index contributed by atoms with van der Waals surface area (Å²) in [7, 11) is 0. The second-order valence-corrected chi connectivity index (χ2v) is 5.39. The number of amides is 1. The molecule has 3 rings (SSSR count). The van der Waals surface area contributed by atoms with Crippen LogP contribution in [0.2, 0.25) is 0 Å². The van der Waals surface area contributed by atoms with Crippen LogP contribution >= 0.6 is 0 Å². The van der Waals surface area contributed by atoms with Crippen molar-refractivity contribution in [3.63, 3.8) is 0 Å². The van der Waals surface area contributed by atoms with Crippen molar-refractivity contribution in [3.05, 3.63) is 71.8 Å². The maximum atomic E-state index is 12.6. The summed E-state index contributed by atoms with van der Waals surface area (Å²) >= 11 is 0.